The lowest BCUT2D eigenvalue weighted by molar-refractivity contribution is -0.137. The third-order valence-corrected chi connectivity index (χ3v) is 3.18. The highest BCUT2D eigenvalue weighted by Crippen LogP contribution is 2.39. The molecular weight excluding hydrogens is 217 g/mol. The third-order valence-electron chi connectivity index (χ3n) is 3.18. The fraction of sp³-hybridized carbons (Fsp3) is 0.500. The molecule has 4 heteroatoms. The monoisotopic (exact) mass is 230 g/mol. The predicted molar refractivity (Wildman–Crippen MR) is 53.8 cm³/mol. The first-order valence-corrected chi connectivity index (χ1v) is 5.32. The molecule has 0 radical (unpaired) electrons. The largest absolute Gasteiger partial charge is 0.416 e. The van der Waals surface area contributed by atoms with Crippen LogP contribution in [0, 0.1) is 0 Å². The van der Waals surface area contributed by atoms with E-state index < -0.39 is 17.3 Å². The molecule has 0 unspecified atom stereocenters. The molecule has 0 atom stereocenters. The van der Waals surface area contributed by atoms with Gasteiger partial charge in [0.15, 0.2) is 0 Å². The summed E-state index contributed by atoms with van der Waals surface area (Å²) in [4.78, 5) is 0. The molecule has 1 saturated carbocycles. The van der Waals surface area contributed by atoms with Gasteiger partial charge in [0.1, 0.15) is 0 Å². The van der Waals surface area contributed by atoms with Crippen molar-refractivity contribution in [2.24, 2.45) is 0 Å². The van der Waals surface area contributed by atoms with Crippen LogP contribution in [0.4, 0.5) is 13.2 Å². The minimum Gasteiger partial charge on any atom is -0.385 e. The molecule has 0 aromatic heterocycles. The fourth-order valence-electron chi connectivity index (χ4n) is 2.22. The zero-order valence-electron chi connectivity index (χ0n) is 8.72. The summed E-state index contributed by atoms with van der Waals surface area (Å²) in [6, 6.07) is 4.83. The highest BCUT2D eigenvalue weighted by atomic mass is 19.4. The first-order chi connectivity index (χ1) is 7.42. The van der Waals surface area contributed by atoms with E-state index in [-0.39, 0.29) is 0 Å². The molecule has 1 aliphatic rings. The molecule has 1 nitrogen and oxygen atoms in total. The van der Waals surface area contributed by atoms with E-state index in [2.05, 4.69) is 0 Å². The van der Waals surface area contributed by atoms with Crippen LogP contribution in [-0.2, 0) is 11.8 Å². The molecule has 1 aliphatic carbocycles. The van der Waals surface area contributed by atoms with Gasteiger partial charge in [-0.25, -0.2) is 0 Å². The van der Waals surface area contributed by atoms with Crippen molar-refractivity contribution >= 4 is 0 Å². The molecule has 1 N–H and O–H groups in total. The van der Waals surface area contributed by atoms with Crippen LogP contribution < -0.4 is 0 Å². The van der Waals surface area contributed by atoms with Gasteiger partial charge in [-0.05, 0) is 30.5 Å². The van der Waals surface area contributed by atoms with Crippen molar-refractivity contribution in [3.8, 4) is 0 Å². The van der Waals surface area contributed by atoms with Crippen molar-refractivity contribution in [1.29, 1.82) is 0 Å². The summed E-state index contributed by atoms with van der Waals surface area (Å²) in [6.07, 6.45) is -1.18. The highest BCUT2D eigenvalue weighted by molar-refractivity contribution is 5.29. The number of rotatable bonds is 1. The van der Waals surface area contributed by atoms with Gasteiger partial charge in [0.05, 0.1) is 11.2 Å². The Balaban J connectivity index is 2.26. The van der Waals surface area contributed by atoms with Crippen molar-refractivity contribution in [1.82, 2.24) is 0 Å². The summed E-state index contributed by atoms with van der Waals surface area (Å²) in [5.74, 6) is 0. The maximum atomic E-state index is 12.3. The van der Waals surface area contributed by atoms with Gasteiger partial charge < -0.3 is 5.11 Å². The molecular formula is C12H13F3O. The molecule has 1 aromatic rings. The van der Waals surface area contributed by atoms with Crippen LogP contribution in [0.15, 0.2) is 24.3 Å². The zero-order chi connectivity index (χ0) is 11.8. The molecule has 0 aliphatic heterocycles. The maximum Gasteiger partial charge on any atom is 0.416 e. The predicted octanol–water partition coefficient (Wildman–Crippen LogP) is 3.47. The minimum absolute atomic E-state index is 0.595. The minimum atomic E-state index is -4.31. The second-order valence-electron chi connectivity index (χ2n) is 4.31. The van der Waals surface area contributed by atoms with Gasteiger partial charge in [0.25, 0.3) is 0 Å². The van der Waals surface area contributed by atoms with Crippen LogP contribution in [0.5, 0.6) is 0 Å². The van der Waals surface area contributed by atoms with Crippen LogP contribution >= 0.6 is 0 Å². The Hall–Kier alpha value is -1.03. The van der Waals surface area contributed by atoms with E-state index in [1.54, 1.807) is 0 Å². The van der Waals surface area contributed by atoms with Crippen molar-refractivity contribution < 1.29 is 18.3 Å². The van der Waals surface area contributed by atoms with Gasteiger partial charge in [-0.3, -0.25) is 0 Å². The zero-order valence-corrected chi connectivity index (χ0v) is 8.72. The topological polar surface area (TPSA) is 20.2 Å². The van der Waals surface area contributed by atoms with Crippen molar-refractivity contribution in [2.75, 3.05) is 0 Å². The quantitative estimate of drug-likeness (QED) is 0.783. The van der Waals surface area contributed by atoms with Crippen molar-refractivity contribution in [3.63, 3.8) is 0 Å². The number of benzene rings is 1. The lowest BCUT2D eigenvalue weighted by Crippen LogP contribution is -2.21. The smallest absolute Gasteiger partial charge is 0.385 e. The number of hydrogen-bond donors (Lipinski definition) is 1. The Bertz CT molecular complexity index is 361. The van der Waals surface area contributed by atoms with Crippen molar-refractivity contribution in [2.45, 2.75) is 37.5 Å². The normalized spacial score (nSPS) is 20.0. The van der Waals surface area contributed by atoms with E-state index in [9.17, 15) is 18.3 Å². The molecule has 0 spiro atoms. The Kier molecular flexibility index (Phi) is 2.70. The van der Waals surface area contributed by atoms with Gasteiger partial charge in [-0.15, -0.1) is 0 Å². The number of alkyl halides is 3. The maximum absolute atomic E-state index is 12.3. The molecule has 0 heterocycles. The average molecular weight is 230 g/mol. The standard InChI is InChI=1S/C12H13F3O/c13-12(14,15)10-5-3-9(4-6-10)11(16)7-1-2-8-11/h3-6,16H,1-2,7-8H2. The first kappa shape index (κ1) is 11.5. The third kappa shape index (κ3) is 2.07. The SMILES string of the molecule is OC1(c2ccc(C(F)(F)F)cc2)CCCC1. The Morgan fingerprint density at radius 2 is 1.50 bits per heavy atom. The lowest BCUT2D eigenvalue weighted by atomic mass is 9.91. The summed E-state index contributed by atoms with van der Waals surface area (Å²) < 4.78 is 37.0. The summed E-state index contributed by atoms with van der Waals surface area (Å²) in [5.41, 5.74) is -0.986. The average Bonchev–Trinajstić information content (AvgIpc) is 2.66. The number of aliphatic hydroxyl groups is 1. The number of hydrogen-bond acceptors (Lipinski definition) is 1. The van der Waals surface area contributed by atoms with E-state index in [4.69, 9.17) is 0 Å². The molecule has 1 fully saturated rings. The Morgan fingerprint density at radius 3 is 1.94 bits per heavy atom. The summed E-state index contributed by atoms with van der Waals surface area (Å²) >= 11 is 0. The fourth-order valence-corrected chi connectivity index (χ4v) is 2.22. The van der Waals surface area contributed by atoms with Gasteiger partial charge in [-0.2, -0.15) is 13.2 Å². The van der Waals surface area contributed by atoms with Gasteiger partial charge in [0.2, 0.25) is 0 Å². The molecule has 1 aromatic carbocycles. The van der Waals surface area contributed by atoms with Crippen LogP contribution in [-0.4, -0.2) is 5.11 Å². The van der Waals surface area contributed by atoms with E-state index in [1.165, 1.54) is 12.1 Å². The van der Waals surface area contributed by atoms with E-state index in [0.29, 0.717) is 18.4 Å². The van der Waals surface area contributed by atoms with Crippen LogP contribution in [0.2, 0.25) is 0 Å². The second-order valence-corrected chi connectivity index (χ2v) is 4.31. The first-order valence-electron chi connectivity index (χ1n) is 5.32. The van der Waals surface area contributed by atoms with Gasteiger partial charge in [0, 0.05) is 0 Å². The van der Waals surface area contributed by atoms with Crippen molar-refractivity contribution in [3.05, 3.63) is 35.4 Å². The molecule has 16 heavy (non-hydrogen) atoms. The van der Waals surface area contributed by atoms with Crippen LogP contribution in [0.25, 0.3) is 0 Å². The summed E-state index contributed by atoms with van der Waals surface area (Å²) in [7, 11) is 0. The summed E-state index contributed by atoms with van der Waals surface area (Å²) in [5, 5.41) is 10.2. The van der Waals surface area contributed by atoms with Crippen LogP contribution in [0.3, 0.4) is 0 Å². The molecule has 88 valence electrons. The molecule has 0 amide bonds. The van der Waals surface area contributed by atoms with Gasteiger partial charge in [-0.1, -0.05) is 25.0 Å². The van der Waals surface area contributed by atoms with E-state index in [1.807, 2.05) is 0 Å². The van der Waals surface area contributed by atoms with E-state index >= 15 is 0 Å². The van der Waals surface area contributed by atoms with E-state index in [0.717, 1.165) is 25.0 Å². The Labute approximate surface area is 91.9 Å². The molecule has 0 saturated heterocycles. The second kappa shape index (κ2) is 3.77. The lowest BCUT2D eigenvalue weighted by Gasteiger charge is -2.23. The molecule has 2 rings (SSSR count). The highest BCUT2D eigenvalue weighted by Gasteiger charge is 2.34. The Morgan fingerprint density at radius 1 is 1.00 bits per heavy atom. The molecule has 0 bridgehead atoms. The number of halogens is 3. The van der Waals surface area contributed by atoms with Gasteiger partial charge >= 0.3 is 6.18 Å². The summed E-state index contributed by atoms with van der Waals surface area (Å²) in [6.45, 7) is 0. The van der Waals surface area contributed by atoms with Crippen LogP contribution in [0.1, 0.15) is 36.8 Å².